The minimum Gasteiger partial charge on any atom is -0.452 e. The molecule has 0 saturated carbocycles. The second-order valence-electron chi connectivity index (χ2n) is 5.83. The van der Waals surface area contributed by atoms with Gasteiger partial charge in [-0.05, 0) is 36.4 Å². The summed E-state index contributed by atoms with van der Waals surface area (Å²) in [5.41, 5.74) is -0.138. The largest absolute Gasteiger partial charge is 0.452 e. The van der Waals surface area contributed by atoms with Crippen LogP contribution in [0.2, 0.25) is 5.02 Å². The van der Waals surface area contributed by atoms with E-state index in [9.17, 15) is 22.4 Å². The summed E-state index contributed by atoms with van der Waals surface area (Å²) in [5.74, 6) is -2.60. The molecule has 0 fully saturated rings. The van der Waals surface area contributed by atoms with Crippen molar-refractivity contribution in [1.29, 1.82) is 0 Å². The monoisotopic (exact) mass is 442 g/mol. The highest BCUT2D eigenvalue weighted by Crippen LogP contribution is 2.20. The smallest absolute Gasteiger partial charge is 0.343 e. The molecule has 0 aliphatic heterocycles. The van der Waals surface area contributed by atoms with E-state index in [0.29, 0.717) is 18.8 Å². The van der Waals surface area contributed by atoms with Crippen LogP contribution >= 0.6 is 11.6 Å². The number of nitrogens with zero attached hydrogens (tertiary/aromatic N) is 1. The second-order valence-corrected chi connectivity index (χ2v) is 8.18. The lowest BCUT2D eigenvalue weighted by molar-refractivity contribution is -0.119. The minimum absolute atomic E-state index is 0.0971. The van der Waals surface area contributed by atoms with E-state index in [2.05, 4.69) is 5.32 Å². The normalized spacial score (nSPS) is 11.3. The third kappa shape index (κ3) is 5.53. The number of esters is 1. The fourth-order valence-corrected chi connectivity index (χ4v) is 4.21. The number of carbonyl (C=O) groups excluding carboxylic acids is 2. The molecule has 0 radical (unpaired) electrons. The van der Waals surface area contributed by atoms with Gasteiger partial charge in [-0.25, -0.2) is 17.6 Å². The third-order valence-electron chi connectivity index (χ3n) is 3.98. The summed E-state index contributed by atoms with van der Waals surface area (Å²) in [6.45, 7) is 3.50. The molecule has 29 heavy (non-hydrogen) atoms. The van der Waals surface area contributed by atoms with Gasteiger partial charge in [-0.3, -0.25) is 4.79 Å². The van der Waals surface area contributed by atoms with Gasteiger partial charge in [0.05, 0.1) is 9.92 Å². The maximum atomic E-state index is 13.7. The number of halogens is 2. The van der Waals surface area contributed by atoms with Crippen LogP contribution in [-0.4, -0.2) is 44.3 Å². The molecular weight excluding hydrogens is 423 g/mol. The molecule has 1 amide bonds. The first kappa shape index (κ1) is 22.8. The van der Waals surface area contributed by atoms with E-state index in [1.54, 1.807) is 13.8 Å². The zero-order valence-electron chi connectivity index (χ0n) is 15.8. The molecule has 2 aromatic rings. The zero-order valence-corrected chi connectivity index (χ0v) is 17.4. The molecule has 2 aromatic carbocycles. The van der Waals surface area contributed by atoms with Crippen LogP contribution in [0.25, 0.3) is 0 Å². The zero-order chi connectivity index (χ0) is 21.6. The highest BCUT2D eigenvalue weighted by Gasteiger charge is 2.21. The molecule has 0 spiro atoms. The number of carbonyl (C=O) groups is 2. The summed E-state index contributed by atoms with van der Waals surface area (Å²) >= 11 is 5.77. The molecule has 0 heterocycles. The first-order valence-corrected chi connectivity index (χ1v) is 10.5. The molecule has 1 N–H and O–H groups in total. The molecule has 0 aliphatic carbocycles. The number of benzene rings is 2. The molecule has 0 saturated heterocycles. The van der Waals surface area contributed by atoms with E-state index in [4.69, 9.17) is 16.3 Å². The fourth-order valence-electron chi connectivity index (χ4n) is 2.52. The van der Waals surface area contributed by atoms with Crippen LogP contribution in [0, 0.1) is 5.82 Å². The van der Waals surface area contributed by atoms with E-state index >= 15 is 0 Å². The molecule has 0 atom stereocenters. The number of sulfonamides is 1. The number of ether oxygens (including phenoxy) is 1. The number of anilines is 1. The Kier molecular flexibility index (Phi) is 7.72. The number of rotatable bonds is 8. The van der Waals surface area contributed by atoms with Crippen molar-refractivity contribution in [3.63, 3.8) is 0 Å². The van der Waals surface area contributed by atoms with E-state index in [1.807, 2.05) is 0 Å². The van der Waals surface area contributed by atoms with Gasteiger partial charge in [0.25, 0.3) is 5.91 Å². The van der Waals surface area contributed by atoms with Crippen molar-refractivity contribution in [2.45, 2.75) is 18.7 Å². The van der Waals surface area contributed by atoms with Crippen molar-refractivity contribution in [1.82, 2.24) is 4.31 Å². The molecule has 0 bridgehead atoms. The van der Waals surface area contributed by atoms with Gasteiger partial charge in [0.15, 0.2) is 6.61 Å². The number of hydrogen-bond donors (Lipinski definition) is 1. The summed E-state index contributed by atoms with van der Waals surface area (Å²) in [5, 5.41) is 2.34. The molecule has 156 valence electrons. The van der Waals surface area contributed by atoms with Gasteiger partial charge in [0.1, 0.15) is 11.4 Å². The Morgan fingerprint density at radius 3 is 2.28 bits per heavy atom. The van der Waals surface area contributed by atoms with Crippen molar-refractivity contribution in [2.75, 3.05) is 25.0 Å². The Labute approximate surface area is 173 Å². The SMILES string of the molecule is CCN(CC)S(=O)(=O)c1ccc(NC(=O)COC(=O)c2c(F)cccc2Cl)cc1. The van der Waals surface area contributed by atoms with Crippen molar-refractivity contribution in [3.8, 4) is 0 Å². The summed E-state index contributed by atoms with van der Waals surface area (Å²) in [4.78, 5) is 24.0. The maximum absolute atomic E-state index is 13.7. The molecule has 0 aromatic heterocycles. The van der Waals surface area contributed by atoms with Crippen molar-refractivity contribution in [2.24, 2.45) is 0 Å². The topological polar surface area (TPSA) is 92.8 Å². The van der Waals surface area contributed by atoms with Gasteiger partial charge < -0.3 is 10.1 Å². The quantitative estimate of drug-likeness (QED) is 0.633. The summed E-state index contributed by atoms with van der Waals surface area (Å²) in [6.07, 6.45) is 0. The van der Waals surface area contributed by atoms with Gasteiger partial charge >= 0.3 is 5.97 Å². The van der Waals surface area contributed by atoms with Gasteiger partial charge in [-0.1, -0.05) is 31.5 Å². The maximum Gasteiger partial charge on any atom is 0.343 e. The predicted octanol–water partition coefficient (Wildman–Crippen LogP) is 3.31. The lowest BCUT2D eigenvalue weighted by Crippen LogP contribution is -2.30. The number of nitrogens with one attached hydrogen (secondary N) is 1. The highest BCUT2D eigenvalue weighted by molar-refractivity contribution is 7.89. The van der Waals surface area contributed by atoms with E-state index in [1.165, 1.54) is 40.7 Å². The Bertz CT molecular complexity index is 972. The van der Waals surface area contributed by atoms with Gasteiger partial charge in [-0.15, -0.1) is 0 Å². The Hall–Kier alpha value is -2.49. The van der Waals surface area contributed by atoms with Gasteiger partial charge in [0, 0.05) is 18.8 Å². The van der Waals surface area contributed by atoms with E-state index < -0.39 is 39.9 Å². The number of hydrogen-bond acceptors (Lipinski definition) is 5. The lowest BCUT2D eigenvalue weighted by Gasteiger charge is -2.18. The van der Waals surface area contributed by atoms with Crippen molar-refractivity contribution >= 4 is 39.2 Å². The average molecular weight is 443 g/mol. The van der Waals surface area contributed by atoms with Crippen LogP contribution in [0.15, 0.2) is 47.4 Å². The summed E-state index contributed by atoms with van der Waals surface area (Å²) in [7, 11) is -3.60. The highest BCUT2D eigenvalue weighted by atomic mass is 35.5. The summed E-state index contributed by atoms with van der Waals surface area (Å²) < 4.78 is 44.6. The second kappa shape index (κ2) is 9.82. The summed E-state index contributed by atoms with van der Waals surface area (Å²) in [6, 6.07) is 9.30. The molecule has 0 aliphatic rings. The number of amides is 1. The average Bonchev–Trinajstić information content (AvgIpc) is 2.67. The van der Waals surface area contributed by atoms with Crippen LogP contribution in [0.5, 0.6) is 0 Å². The minimum atomic E-state index is -3.60. The predicted molar refractivity (Wildman–Crippen MR) is 107 cm³/mol. The van der Waals surface area contributed by atoms with Crippen LogP contribution in [0.1, 0.15) is 24.2 Å². The first-order chi connectivity index (χ1) is 13.7. The van der Waals surface area contributed by atoms with Crippen molar-refractivity contribution in [3.05, 3.63) is 58.9 Å². The first-order valence-electron chi connectivity index (χ1n) is 8.71. The Morgan fingerprint density at radius 2 is 1.72 bits per heavy atom. The van der Waals surface area contributed by atoms with Crippen LogP contribution < -0.4 is 5.32 Å². The van der Waals surface area contributed by atoms with Gasteiger partial charge in [0.2, 0.25) is 10.0 Å². The lowest BCUT2D eigenvalue weighted by atomic mass is 10.2. The molecular formula is C19H20ClFN2O5S. The van der Waals surface area contributed by atoms with Crippen LogP contribution in [0.4, 0.5) is 10.1 Å². The molecule has 7 nitrogen and oxygen atoms in total. The van der Waals surface area contributed by atoms with Crippen LogP contribution in [-0.2, 0) is 19.6 Å². The van der Waals surface area contributed by atoms with Gasteiger partial charge in [-0.2, -0.15) is 4.31 Å². The van der Waals surface area contributed by atoms with Crippen molar-refractivity contribution < 1.29 is 27.1 Å². The molecule has 2 rings (SSSR count). The standard InChI is InChI=1S/C19H20ClFN2O5S/c1-3-23(4-2)29(26,27)14-10-8-13(9-11-14)22-17(24)12-28-19(25)18-15(20)6-5-7-16(18)21/h5-11H,3-4,12H2,1-2H3,(H,22,24). The van der Waals surface area contributed by atoms with Crippen LogP contribution in [0.3, 0.4) is 0 Å². The molecule has 0 unspecified atom stereocenters. The Balaban J connectivity index is 1.99. The third-order valence-corrected chi connectivity index (χ3v) is 6.36. The Morgan fingerprint density at radius 1 is 1.10 bits per heavy atom. The molecule has 10 heteroatoms. The van der Waals surface area contributed by atoms with E-state index in [0.717, 1.165) is 6.07 Å². The fraction of sp³-hybridized carbons (Fsp3) is 0.263. The van der Waals surface area contributed by atoms with E-state index in [-0.39, 0.29) is 9.92 Å².